The summed E-state index contributed by atoms with van der Waals surface area (Å²) in [7, 11) is 0. The van der Waals surface area contributed by atoms with Gasteiger partial charge in [0.25, 0.3) is 5.91 Å². The van der Waals surface area contributed by atoms with Gasteiger partial charge in [-0.2, -0.15) is 0 Å². The zero-order chi connectivity index (χ0) is 20.4. The van der Waals surface area contributed by atoms with Crippen molar-refractivity contribution in [1.82, 2.24) is 0 Å². The number of hydrogen-bond donors (Lipinski definition) is 1. The molecule has 1 amide bonds. The second kappa shape index (κ2) is 8.15. The van der Waals surface area contributed by atoms with Crippen molar-refractivity contribution in [1.29, 1.82) is 0 Å². The summed E-state index contributed by atoms with van der Waals surface area (Å²) in [6, 6.07) is 8.08. The Morgan fingerprint density at radius 2 is 1.61 bits per heavy atom. The van der Waals surface area contributed by atoms with Crippen molar-refractivity contribution in [3.05, 3.63) is 80.3 Å². The number of hydrogen-bond acceptors (Lipinski definition) is 3. The molecule has 0 atom stereocenters. The fraction of sp³-hybridized carbons (Fsp3) is 0.0556. The number of carbonyl (C=O) groups excluding carboxylic acids is 1. The molecule has 1 aromatic heterocycles. The van der Waals surface area contributed by atoms with Crippen molar-refractivity contribution in [3.63, 3.8) is 0 Å². The van der Waals surface area contributed by atoms with Gasteiger partial charge in [-0.1, -0.05) is 23.7 Å². The minimum Gasteiger partial charge on any atom is -0.487 e. The molecule has 0 unspecified atom stereocenters. The molecule has 0 aliphatic heterocycles. The van der Waals surface area contributed by atoms with Gasteiger partial charge in [-0.3, -0.25) is 4.79 Å². The van der Waals surface area contributed by atoms with Crippen molar-refractivity contribution in [2.24, 2.45) is 0 Å². The Hall–Kier alpha value is -2.65. The second-order valence-corrected chi connectivity index (χ2v) is 6.76. The van der Waals surface area contributed by atoms with Crippen LogP contribution in [-0.2, 0) is 6.61 Å². The van der Waals surface area contributed by atoms with E-state index in [1.807, 2.05) is 0 Å². The molecule has 3 nitrogen and oxygen atoms in total. The lowest BCUT2D eigenvalue weighted by Crippen LogP contribution is -2.16. The molecule has 0 bridgehead atoms. The summed E-state index contributed by atoms with van der Waals surface area (Å²) in [5, 5.41) is 3.65. The molecule has 146 valence electrons. The maximum Gasteiger partial charge on any atom is 0.265 e. The first-order valence-electron chi connectivity index (χ1n) is 7.57. The minimum atomic E-state index is -2.30. The topological polar surface area (TPSA) is 38.3 Å². The van der Waals surface area contributed by atoms with Crippen LogP contribution in [0.15, 0.2) is 35.7 Å². The lowest BCUT2D eigenvalue weighted by atomic mass is 10.2. The summed E-state index contributed by atoms with van der Waals surface area (Å²) >= 11 is 6.87. The molecule has 0 fully saturated rings. The molecule has 10 heteroatoms. The van der Waals surface area contributed by atoms with Crippen molar-refractivity contribution in [3.8, 4) is 5.75 Å². The molecule has 3 aromatic rings. The standard InChI is InChI=1S/C18H9ClF5NO2S/c19-9-3-1-2-4-10(9)27-6-8-5-11(28-7-8)18(26)25-17-15(23)13(21)12(20)14(22)16(17)24/h1-5,7H,6H2,(H,25,26). The summed E-state index contributed by atoms with van der Waals surface area (Å²) < 4.78 is 72.3. The van der Waals surface area contributed by atoms with Crippen LogP contribution in [0.3, 0.4) is 0 Å². The Kier molecular flexibility index (Phi) is 5.85. The van der Waals surface area contributed by atoms with Gasteiger partial charge in [0.15, 0.2) is 23.3 Å². The summed E-state index contributed by atoms with van der Waals surface area (Å²) in [6.45, 7) is 0.0516. The van der Waals surface area contributed by atoms with E-state index in [-0.39, 0.29) is 11.5 Å². The van der Waals surface area contributed by atoms with E-state index in [9.17, 15) is 26.7 Å². The van der Waals surface area contributed by atoms with E-state index < -0.39 is 40.7 Å². The fourth-order valence-corrected chi connectivity index (χ4v) is 3.17. The molecular formula is C18H9ClF5NO2S. The average Bonchev–Trinajstić information content (AvgIpc) is 3.16. The maximum atomic E-state index is 13.7. The molecule has 0 saturated carbocycles. The van der Waals surface area contributed by atoms with E-state index in [2.05, 4.69) is 0 Å². The van der Waals surface area contributed by atoms with Gasteiger partial charge in [-0.25, -0.2) is 22.0 Å². The molecule has 1 N–H and O–H groups in total. The second-order valence-electron chi connectivity index (χ2n) is 5.44. The Bertz CT molecular complexity index is 1030. The van der Waals surface area contributed by atoms with Gasteiger partial charge in [-0.15, -0.1) is 11.3 Å². The molecular weight excluding hydrogens is 425 g/mol. The number of amides is 1. The predicted molar refractivity (Wildman–Crippen MR) is 94.3 cm³/mol. The number of halogens is 6. The first-order chi connectivity index (χ1) is 13.3. The Morgan fingerprint density at radius 1 is 1.00 bits per heavy atom. The number of benzene rings is 2. The van der Waals surface area contributed by atoms with Gasteiger partial charge in [0.2, 0.25) is 5.82 Å². The minimum absolute atomic E-state index is 0.0123. The average molecular weight is 434 g/mol. The van der Waals surface area contributed by atoms with Crippen molar-refractivity contribution >= 4 is 34.5 Å². The highest BCUT2D eigenvalue weighted by atomic mass is 35.5. The third kappa shape index (κ3) is 3.95. The lowest BCUT2D eigenvalue weighted by Gasteiger charge is -2.09. The van der Waals surface area contributed by atoms with E-state index in [1.54, 1.807) is 35.0 Å². The van der Waals surface area contributed by atoms with E-state index in [0.29, 0.717) is 16.3 Å². The van der Waals surface area contributed by atoms with Crippen LogP contribution in [0.2, 0.25) is 5.02 Å². The first kappa shape index (κ1) is 20.1. The van der Waals surface area contributed by atoms with E-state index in [1.165, 1.54) is 6.07 Å². The van der Waals surface area contributed by atoms with E-state index in [4.69, 9.17) is 16.3 Å². The predicted octanol–water partition coefficient (Wildman–Crippen LogP) is 5.93. The van der Waals surface area contributed by atoms with Gasteiger partial charge >= 0.3 is 0 Å². The van der Waals surface area contributed by atoms with Crippen LogP contribution < -0.4 is 10.1 Å². The SMILES string of the molecule is O=C(Nc1c(F)c(F)c(F)c(F)c1F)c1cc(COc2ccccc2Cl)cs1. The van der Waals surface area contributed by atoms with Gasteiger partial charge in [0.05, 0.1) is 9.90 Å². The molecule has 1 heterocycles. The number of rotatable bonds is 5. The smallest absolute Gasteiger partial charge is 0.265 e. The van der Waals surface area contributed by atoms with Crippen LogP contribution in [0.4, 0.5) is 27.6 Å². The number of carbonyl (C=O) groups is 1. The highest BCUT2D eigenvalue weighted by Crippen LogP contribution is 2.29. The summed E-state index contributed by atoms with van der Waals surface area (Å²) in [5.41, 5.74) is -0.865. The number of para-hydroxylation sites is 1. The summed E-state index contributed by atoms with van der Waals surface area (Å²) in [6.07, 6.45) is 0. The largest absolute Gasteiger partial charge is 0.487 e. The number of thiophene rings is 1. The molecule has 0 radical (unpaired) electrons. The molecule has 0 spiro atoms. The third-order valence-corrected chi connectivity index (χ3v) is 4.85. The molecule has 0 aliphatic carbocycles. The third-order valence-electron chi connectivity index (χ3n) is 3.56. The van der Waals surface area contributed by atoms with Crippen LogP contribution in [0.5, 0.6) is 5.75 Å². The van der Waals surface area contributed by atoms with Crippen molar-refractivity contribution in [2.75, 3.05) is 5.32 Å². The molecule has 2 aromatic carbocycles. The lowest BCUT2D eigenvalue weighted by molar-refractivity contribution is 0.102. The van der Waals surface area contributed by atoms with Crippen LogP contribution in [0, 0.1) is 29.1 Å². The van der Waals surface area contributed by atoms with E-state index >= 15 is 0 Å². The van der Waals surface area contributed by atoms with Crippen molar-refractivity contribution < 1.29 is 31.5 Å². The van der Waals surface area contributed by atoms with Crippen LogP contribution in [-0.4, -0.2) is 5.91 Å². The summed E-state index contributed by atoms with van der Waals surface area (Å²) in [5.74, 6) is -11.4. The van der Waals surface area contributed by atoms with Gasteiger partial charge in [0, 0.05) is 5.56 Å². The van der Waals surface area contributed by atoms with Gasteiger partial charge in [0.1, 0.15) is 18.0 Å². The number of anilines is 1. The van der Waals surface area contributed by atoms with Crippen LogP contribution in [0.1, 0.15) is 15.2 Å². The molecule has 0 aliphatic rings. The monoisotopic (exact) mass is 433 g/mol. The summed E-state index contributed by atoms with van der Waals surface area (Å²) in [4.78, 5) is 12.1. The molecule has 3 rings (SSSR count). The first-order valence-corrected chi connectivity index (χ1v) is 8.83. The van der Waals surface area contributed by atoms with E-state index in [0.717, 1.165) is 11.3 Å². The maximum absolute atomic E-state index is 13.7. The zero-order valence-corrected chi connectivity index (χ0v) is 15.2. The van der Waals surface area contributed by atoms with Gasteiger partial charge < -0.3 is 10.1 Å². The quantitative estimate of drug-likeness (QED) is 0.308. The Labute approximate surface area is 164 Å². The van der Waals surface area contributed by atoms with Crippen LogP contribution >= 0.6 is 22.9 Å². The fourth-order valence-electron chi connectivity index (χ4n) is 2.18. The highest BCUT2D eigenvalue weighted by molar-refractivity contribution is 7.12. The number of nitrogens with one attached hydrogen (secondary N) is 1. The highest BCUT2D eigenvalue weighted by Gasteiger charge is 2.27. The number of ether oxygens (including phenoxy) is 1. The van der Waals surface area contributed by atoms with Crippen LogP contribution in [0.25, 0.3) is 0 Å². The van der Waals surface area contributed by atoms with Crippen molar-refractivity contribution in [2.45, 2.75) is 6.61 Å². The Morgan fingerprint density at radius 3 is 2.25 bits per heavy atom. The molecule has 28 heavy (non-hydrogen) atoms. The molecule has 0 saturated heterocycles. The zero-order valence-electron chi connectivity index (χ0n) is 13.7. The normalized spacial score (nSPS) is 10.8. The van der Waals surface area contributed by atoms with Gasteiger partial charge in [-0.05, 0) is 23.6 Å². The Balaban J connectivity index is 1.74.